The summed E-state index contributed by atoms with van der Waals surface area (Å²) in [5.41, 5.74) is 6.32. The van der Waals surface area contributed by atoms with Crippen molar-refractivity contribution in [3.63, 3.8) is 0 Å². The molecule has 2 heterocycles. The fourth-order valence-corrected chi connectivity index (χ4v) is 2.14. The highest BCUT2D eigenvalue weighted by Crippen LogP contribution is 2.16. The van der Waals surface area contributed by atoms with Gasteiger partial charge in [-0.1, -0.05) is 5.16 Å². The third kappa shape index (κ3) is 3.09. The smallest absolute Gasteiger partial charge is 0.255 e. The molecule has 0 fully saturated rings. The third-order valence-corrected chi connectivity index (χ3v) is 3.15. The van der Waals surface area contributed by atoms with E-state index in [9.17, 15) is 5.11 Å². The Hall–Kier alpha value is -1.31. The van der Waals surface area contributed by atoms with Gasteiger partial charge in [0.2, 0.25) is 0 Å². The molecule has 0 aliphatic rings. The number of nitrogens with zero attached hydrogens (tertiary/aromatic N) is 3. The van der Waals surface area contributed by atoms with Gasteiger partial charge in [0.1, 0.15) is 11.1 Å². The van der Waals surface area contributed by atoms with Crippen LogP contribution < -0.4 is 5.73 Å². The van der Waals surface area contributed by atoms with Gasteiger partial charge in [0.15, 0.2) is 5.82 Å². The highest BCUT2D eigenvalue weighted by atomic mass is 32.1. The number of nitrogens with two attached hydrogens (primary N) is 1. The Morgan fingerprint density at radius 2 is 2.35 bits per heavy atom. The van der Waals surface area contributed by atoms with E-state index in [1.165, 1.54) is 0 Å². The SMILES string of the molecule is Cc1csc(Cc2noc([C@@H](O)CCN)n2)n1. The fraction of sp³-hybridized carbons (Fsp3) is 0.500. The molecule has 0 aromatic carbocycles. The molecule has 3 N–H and O–H groups in total. The average molecular weight is 254 g/mol. The highest BCUT2D eigenvalue weighted by molar-refractivity contribution is 7.09. The molecule has 17 heavy (non-hydrogen) atoms. The molecule has 2 aromatic heterocycles. The summed E-state index contributed by atoms with van der Waals surface area (Å²) in [6.07, 6.45) is 0.161. The summed E-state index contributed by atoms with van der Waals surface area (Å²) >= 11 is 1.56. The zero-order valence-corrected chi connectivity index (χ0v) is 10.3. The fourth-order valence-electron chi connectivity index (χ4n) is 1.38. The van der Waals surface area contributed by atoms with Crippen LogP contribution in [0.4, 0.5) is 0 Å². The van der Waals surface area contributed by atoms with Gasteiger partial charge in [0.05, 0.1) is 6.42 Å². The molecule has 2 rings (SSSR count). The van der Waals surface area contributed by atoms with Gasteiger partial charge in [0.25, 0.3) is 5.89 Å². The van der Waals surface area contributed by atoms with Crippen molar-refractivity contribution in [1.82, 2.24) is 15.1 Å². The predicted octanol–water partition coefficient (Wildman–Crippen LogP) is 0.808. The maximum Gasteiger partial charge on any atom is 0.255 e. The molecule has 0 saturated heterocycles. The summed E-state index contributed by atoms with van der Waals surface area (Å²) in [7, 11) is 0. The molecule has 0 aliphatic heterocycles. The topological polar surface area (TPSA) is 98.1 Å². The number of aliphatic hydroxyl groups is 1. The van der Waals surface area contributed by atoms with Crippen LogP contribution in [-0.4, -0.2) is 26.8 Å². The second-order valence-electron chi connectivity index (χ2n) is 3.70. The summed E-state index contributed by atoms with van der Waals surface area (Å²) in [6, 6.07) is 0. The molecule has 7 heteroatoms. The molecule has 6 nitrogen and oxygen atoms in total. The Balaban J connectivity index is 2.03. The molecule has 1 atom stereocenters. The molecule has 0 radical (unpaired) electrons. The number of rotatable bonds is 5. The van der Waals surface area contributed by atoms with Gasteiger partial charge in [-0.2, -0.15) is 4.98 Å². The number of aryl methyl sites for hydroxylation is 1. The van der Waals surface area contributed by atoms with Crippen molar-refractivity contribution < 1.29 is 9.63 Å². The number of thiazole rings is 1. The molecular formula is C10H14N4O2S. The monoisotopic (exact) mass is 254 g/mol. The Morgan fingerprint density at radius 3 is 3.00 bits per heavy atom. The Bertz CT molecular complexity index is 482. The van der Waals surface area contributed by atoms with Gasteiger partial charge in [-0.3, -0.25) is 0 Å². The molecule has 0 saturated carbocycles. The van der Waals surface area contributed by atoms with Gasteiger partial charge in [-0.05, 0) is 19.9 Å². The maximum absolute atomic E-state index is 9.61. The van der Waals surface area contributed by atoms with E-state index in [-0.39, 0.29) is 5.89 Å². The van der Waals surface area contributed by atoms with Crippen molar-refractivity contribution in [2.75, 3.05) is 6.54 Å². The van der Waals surface area contributed by atoms with Crippen LogP contribution in [0.25, 0.3) is 0 Å². The summed E-state index contributed by atoms with van der Waals surface area (Å²) in [5.74, 6) is 0.754. The van der Waals surface area contributed by atoms with E-state index in [1.54, 1.807) is 11.3 Å². The summed E-state index contributed by atoms with van der Waals surface area (Å²) in [4.78, 5) is 8.43. The van der Waals surface area contributed by atoms with Crippen LogP contribution in [0, 0.1) is 6.92 Å². The van der Waals surface area contributed by atoms with E-state index in [2.05, 4.69) is 15.1 Å². The Kier molecular flexibility index (Phi) is 3.82. The van der Waals surface area contributed by atoms with E-state index in [0.29, 0.717) is 25.2 Å². The lowest BCUT2D eigenvalue weighted by Crippen LogP contribution is -2.07. The first-order valence-electron chi connectivity index (χ1n) is 5.30. The van der Waals surface area contributed by atoms with Crippen molar-refractivity contribution in [2.24, 2.45) is 5.73 Å². The van der Waals surface area contributed by atoms with Crippen molar-refractivity contribution in [3.8, 4) is 0 Å². The first-order chi connectivity index (χ1) is 8.19. The van der Waals surface area contributed by atoms with Crippen molar-refractivity contribution in [1.29, 1.82) is 0 Å². The van der Waals surface area contributed by atoms with E-state index in [0.717, 1.165) is 10.7 Å². The lowest BCUT2D eigenvalue weighted by atomic mass is 10.2. The van der Waals surface area contributed by atoms with Crippen molar-refractivity contribution >= 4 is 11.3 Å². The zero-order chi connectivity index (χ0) is 12.3. The van der Waals surface area contributed by atoms with Gasteiger partial charge in [-0.25, -0.2) is 4.98 Å². The van der Waals surface area contributed by atoms with Crippen molar-refractivity contribution in [3.05, 3.63) is 27.8 Å². The first-order valence-corrected chi connectivity index (χ1v) is 6.18. The summed E-state index contributed by atoms with van der Waals surface area (Å²) in [6.45, 7) is 2.32. The number of aliphatic hydroxyl groups excluding tert-OH is 1. The summed E-state index contributed by atoms with van der Waals surface area (Å²) < 4.78 is 4.97. The second-order valence-corrected chi connectivity index (χ2v) is 4.64. The van der Waals surface area contributed by atoms with Crippen molar-refractivity contribution in [2.45, 2.75) is 25.9 Å². The van der Waals surface area contributed by atoms with Gasteiger partial charge < -0.3 is 15.4 Å². The molecular weight excluding hydrogens is 240 g/mol. The van der Waals surface area contributed by atoms with E-state index in [1.807, 2.05) is 12.3 Å². The van der Waals surface area contributed by atoms with Crippen LogP contribution in [-0.2, 0) is 6.42 Å². The quantitative estimate of drug-likeness (QED) is 0.819. The first kappa shape index (κ1) is 12.2. The van der Waals surface area contributed by atoms with Crippen LogP contribution in [0.5, 0.6) is 0 Å². The molecule has 0 spiro atoms. The minimum atomic E-state index is -0.778. The zero-order valence-electron chi connectivity index (χ0n) is 9.46. The van der Waals surface area contributed by atoms with Gasteiger partial charge >= 0.3 is 0 Å². The number of aromatic nitrogens is 3. The largest absolute Gasteiger partial charge is 0.383 e. The molecule has 0 aliphatic carbocycles. The lowest BCUT2D eigenvalue weighted by Gasteiger charge is -2.00. The van der Waals surface area contributed by atoms with Gasteiger partial charge in [0, 0.05) is 11.1 Å². The Morgan fingerprint density at radius 1 is 1.53 bits per heavy atom. The average Bonchev–Trinajstić information content (AvgIpc) is 2.89. The predicted molar refractivity (Wildman–Crippen MR) is 62.6 cm³/mol. The normalized spacial score (nSPS) is 12.9. The minimum Gasteiger partial charge on any atom is -0.383 e. The molecule has 0 amide bonds. The second kappa shape index (κ2) is 5.35. The molecule has 0 unspecified atom stereocenters. The standard InChI is InChI=1S/C10H14N4O2S/c1-6-5-17-9(12-6)4-8-13-10(16-14-8)7(15)2-3-11/h5,7,15H,2-4,11H2,1H3/t7-/m0/s1. The third-order valence-electron chi connectivity index (χ3n) is 2.18. The van der Waals surface area contributed by atoms with Crippen LogP contribution >= 0.6 is 11.3 Å². The number of hydrogen-bond donors (Lipinski definition) is 2. The highest BCUT2D eigenvalue weighted by Gasteiger charge is 2.15. The van der Waals surface area contributed by atoms with Crippen LogP contribution in [0.15, 0.2) is 9.90 Å². The Labute approximate surface area is 102 Å². The molecule has 2 aromatic rings. The lowest BCUT2D eigenvalue weighted by molar-refractivity contribution is 0.127. The molecule has 0 bridgehead atoms. The van der Waals surface area contributed by atoms with Crippen LogP contribution in [0.2, 0.25) is 0 Å². The minimum absolute atomic E-state index is 0.221. The molecule has 92 valence electrons. The number of hydrogen-bond acceptors (Lipinski definition) is 7. The van der Waals surface area contributed by atoms with E-state index in [4.69, 9.17) is 10.3 Å². The van der Waals surface area contributed by atoms with Gasteiger partial charge in [-0.15, -0.1) is 11.3 Å². The van der Waals surface area contributed by atoms with E-state index >= 15 is 0 Å². The van der Waals surface area contributed by atoms with Crippen LogP contribution in [0.3, 0.4) is 0 Å². The van der Waals surface area contributed by atoms with Crippen LogP contribution in [0.1, 0.15) is 34.9 Å². The maximum atomic E-state index is 9.61. The van der Waals surface area contributed by atoms with E-state index < -0.39 is 6.10 Å². The summed E-state index contributed by atoms with van der Waals surface area (Å²) in [5, 5.41) is 16.3.